The van der Waals surface area contributed by atoms with E-state index in [0.717, 1.165) is 18.2 Å². The van der Waals surface area contributed by atoms with Crippen LogP contribution in [0.3, 0.4) is 0 Å². The molecular formula is C14H9FO6S. The van der Waals surface area contributed by atoms with Gasteiger partial charge in [-0.05, 0) is 24.3 Å². The number of hydrogen-bond acceptors (Lipinski definition) is 5. The molecule has 0 fully saturated rings. The third-order valence-corrected chi connectivity index (χ3v) is 3.55. The van der Waals surface area contributed by atoms with Crippen LogP contribution in [0.15, 0.2) is 53.4 Å². The zero-order chi connectivity index (χ0) is 16.3. The van der Waals surface area contributed by atoms with E-state index in [9.17, 15) is 22.4 Å². The van der Waals surface area contributed by atoms with Crippen LogP contribution in [0.2, 0.25) is 0 Å². The monoisotopic (exact) mass is 324 g/mol. The van der Waals surface area contributed by atoms with Crippen molar-refractivity contribution < 1.29 is 31.7 Å². The average molecular weight is 324 g/mol. The maximum atomic E-state index is 13.7. The molecule has 0 aliphatic carbocycles. The Morgan fingerprint density at radius 1 is 0.955 bits per heavy atom. The lowest BCUT2D eigenvalue weighted by molar-refractivity contribution is 0.0391. The van der Waals surface area contributed by atoms with Crippen LogP contribution in [0, 0.1) is 5.82 Å². The Kier molecular flexibility index (Phi) is 4.34. The van der Waals surface area contributed by atoms with Gasteiger partial charge in [0.1, 0.15) is 16.3 Å². The Bertz CT molecular complexity index is 830. The second kappa shape index (κ2) is 6.04. The molecule has 0 aliphatic rings. The van der Waals surface area contributed by atoms with Crippen molar-refractivity contribution in [2.24, 2.45) is 0 Å². The summed E-state index contributed by atoms with van der Waals surface area (Å²) in [5.41, 5.74) is -1.00. The van der Waals surface area contributed by atoms with Crippen LogP contribution in [0.1, 0.15) is 20.7 Å². The smallest absolute Gasteiger partial charge is 0.350 e. The molecule has 0 amide bonds. The largest absolute Gasteiger partial charge is 0.386 e. The van der Waals surface area contributed by atoms with Crippen molar-refractivity contribution in [2.45, 2.75) is 4.90 Å². The Morgan fingerprint density at radius 3 is 2.18 bits per heavy atom. The van der Waals surface area contributed by atoms with Gasteiger partial charge in [0, 0.05) is 0 Å². The SMILES string of the molecule is O=C(OC(=O)c1c(F)cccc1S(=O)(=O)O)c1ccccc1. The fourth-order valence-corrected chi connectivity index (χ4v) is 2.38. The number of ether oxygens (including phenoxy) is 1. The third-order valence-electron chi connectivity index (χ3n) is 2.65. The van der Waals surface area contributed by atoms with Gasteiger partial charge in [-0.3, -0.25) is 4.55 Å². The second-order valence-corrected chi connectivity index (χ2v) is 5.52. The van der Waals surface area contributed by atoms with E-state index in [1.54, 1.807) is 6.07 Å². The van der Waals surface area contributed by atoms with Gasteiger partial charge < -0.3 is 4.74 Å². The van der Waals surface area contributed by atoms with Gasteiger partial charge in [0.25, 0.3) is 10.1 Å². The predicted molar refractivity (Wildman–Crippen MR) is 72.4 cm³/mol. The summed E-state index contributed by atoms with van der Waals surface area (Å²) in [5, 5.41) is 0. The highest BCUT2D eigenvalue weighted by atomic mass is 32.2. The van der Waals surface area contributed by atoms with Crippen molar-refractivity contribution in [1.29, 1.82) is 0 Å². The Labute approximate surface area is 124 Å². The second-order valence-electron chi connectivity index (χ2n) is 4.13. The molecule has 114 valence electrons. The van der Waals surface area contributed by atoms with Gasteiger partial charge in [-0.1, -0.05) is 24.3 Å². The molecule has 0 saturated carbocycles. The van der Waals surface area contributed by atoms with Gasteiger partial charge in [0.2, 0.25) is 0 Å². The van der Waals surface area contributed by atoms with Crippen LogP contribution in [0.4, 0.5) is 4.39 Å². The van der Waals surface area contributed by atoms with Gasteiger partial charge in [-0.2, -0.15) is 8.42 Å². The van der Waals surface area contributed by atoms with Crippen molar-refractivity contribution in [3.8, 4) is 0 Å². The third kappa shape index (κ3) is 3.35. The number of rotatable bonds is 3. The highest BCUT2D eigenvalue weighted by molar-refractivity contribution is 7.86. The first-order valence-electron chi connectivity index (χ1n) is 5.88. The molecule has 0 saturated heterocycles. The van der Waals surface area contributed by atoms with Gasteiger partial charge in [0.05, 0.1) is 5.56 Å². The quantitative estimate of drug-likeness (QED) is 0.527. The van der Waals surface area contributed by atoms with Crippen LogP contribution in [-0.2, 0) is 14.9 Å². The standard InChI is InChI=1S/C14H9FO6S/c15-10-7-4-8-11(22(18,19)20)12(10)14(17)21-13(16)9-5-2-1-3-6-9/h1-8H,(H,18,19,20). The molecule has 0 unspecified atom stereocenters. The summed E-state index contributed by atoms with van der Waals surface area (Å²) < 4.78 is 49.5. The topological polar surface area (TPSA) is 97.7 Å². The van der Waals surface area contributed by atoms with E-state index in [1.165, 1.54) is 24.3 Å². The Morgan fingerprint density at radius 2 is 1.59 bits per heavy atom. The average Bonchev–Trinajstić information content (AvgIpc) is 2.46. The number of carbonyl (C=O) groups is 2. The van der Waals surface area contributed by atoms with Gasteiger partial charge >= 0.3 is 11.9 Å². The summed E-state index contributed by atoms with van der Waals surface area (Å²) in [6.07, 6.45) is 0. The maximum Gasteiger partial charge on any atom is 0.350 e. The first kappa shape index (κ1) is 15.8. The number of halogens is 1. The molecule has 0 spiro atoms. The number of esters is 2. The summed E-state index contributed by atoms with van der Waals surface area (Å²) >= 11 is 0. The molecule has 1 N–H and O–H groups in total. The van der Waals surface area contributed by atoms with Crippen LogP contribution < -0.4 is 0 Å². The zero-order valence-corrected chi connectivity index (χ0v) is 11.7. The molecule has 22 heavy (non-hydrogen) atoms. The van der Waals surface area contributed by atoms with Crippen molar-refractivity contribution in [3.63, 3.8) is 0 Å². The molecule has 0 aromatic heterocycles. The minimum atomic E-state index is -4.85. The molecular weight excluding hydrogens is 315 g/mol. The van der Waals surface area contributed by atoms with E-state index >= 15 is 0 Å². The van der Waals surface area contributed by atoms with E-state index in [1.807, 2.05) is 0 Å². The molecule has 8 heteroatoms. The molecule has 0 aliphatic heterocycles. The summed E-state index contributed by atoms with van der Waals surface area (Å²) in [6.45, 7) is 0. The number of carbonyl (C=O) groups excluding carboxylic acids is 2. The molecule has 2 rings (SSSR count). The fraction of sp³-hybridized carbons (Fsp3) is 0. The Balaban J connectivity index is 2.37. The van der Waals surface area contributed by atoms with Crippen LogP contribution in [0.5, 0.6) is 0 Å². The summed E-state index contributed by atoms with van der Waals surface area (Å²) in [7, 11) is -4.85. The van der Waals surface area contributed by atoms with E-state index in [4.69, 9.17) is 4.55 Å². The van der Waals surface area contributed by atoms with Gasteiger partial charge in [-0.15, -0.1) is 0 Å². The van der Waals surface area contributed by atoms with E-state index in [-0.39, 0.29) is 5.56 Å². The lowest BCUT2D eigenvalue weighted by atomic mass is 10.2. The normalized spacial score (nSPS) is 11.0. The lowest BCUT2D eigenvalue weighted by Crippen LogP contribution is -2.17. The summed E-state index contributed by atoms with van der Waals surface area (Å²) in [4.78, 5) is 22.6. The van der Waals surface area contributed by atoms with Gasteiger partial charge in [0.15, 0.2) is 0 Å². The summed E-state index contributed by atoms with van der Waals surface area (Å²) in [5.74, 6) is -3.82. The van der Waals surface area contributed by atoms with Crippen molar-refractivity contribution in [2.75, 3.05) is 0 Å². The molecule has 0 radical (unpaired) electrons. The van der Waals surface area contributed by atoms with E-state index in [2.05, 4.69) is 4.74 Å². The Hall–Kier alpha value is -2.58. The first-order chi connectivity index (χ1) is 10.3. The molecule has 0 atom stereocenters. The van der Waals surface area contributed by atoms with Crippen LogP contribution in [0.25, 0.3) is 0 Å². The fourth-order valence-electron chi connectivity index (χ4n) is 1.69. The van der Waals surface area contributed by atoms with Crippen molar-refractivity contribution in [3.05, 3.63) is 65.5 Å². The van der Waals surface area contributed by atoms with E-state index in [0.29, 0.717) is 0 Å². The number of hydrogen-bond donors (Lipinski definition) is 1. The molecule has 0 bridgehead atoms. The highest BCUT2D eigenvalue weighted by Crippen LogP contribution is 2.20. The minimum Gasteiger partial charge on any atom is -0.386 e. The number of benzene rings is 2. The lowest BCUT2D eigenvalue weighted by Gasteiger charge is -2.07. The first-order valence-corrected chi connectivity index (χ1v) is 7.32. The van der Waals surface area contributed by atoms with Gasteiger partial charge in [-0.25, -0.2) is 14.0 Å². The molecule has 0 heterocycles. The molecule has 6 nitrogen and oxygen atoms in total. The molecule has 2 aromatic carbocycles. The maximum absolute atomic E-state index is 13.7. The summed E-state index contributed by atoms with van der Waals surface area (Å²) in [6, 6.07) is 10.0. The van der Waals surface area contributed by atoms with Crippen LogP contribution >= 0.6 is 0 Å². The predicted octanol–water partition coefficient (Wildman–Crippen LogP) is 2.07. The van der Waals surface area contributed by atoms with E-state index < -0.39 is 38.3 Å². The van der Waals surface area contributed by atoms with Crippen LogP contribution in [-0.4, -0.2) is 24.9 Å². The molecule has 2 aromatic rings. The minimum absolute atomic E-state index is 0.0283. The van der Waals surface area contributed by atoms with Crippen molar-refractivity contribution >= 4 is 22.1 Å². The zero-order valence-electron chi connectivity index (χ0n) is 10.9. The highest BCUT2D eigenvalue weighted by Gasteiger charge is 2.27. The van der Waals surface area contributed by atoms with Crippen molar-refractivity contribution in [1.82, 2.24) is 0 Å².